The highest BCUT2D eigenvalue weighted by Crippen LogP contribution is 2.28. The summed E-state index contributed by atoms with van der Waals surface area (Å²) in [6, 6.07) is 11.0. The highest BCUT2D eigenvalue weighted by Gasteiger charge is 2.10. The predicted molar refractivity (Wildman–Crippen MR) is 100 cm³/mol. The minimum absolute atomic E-state index is 0.0813. The second-order valence-electron chi connectivity index (χ2n) is 5.28. The summed E-state index contributed by atoms with van der Waals surface area (Å²) < 4.78 is 26.6. The largest absolute Gasteiger partial charge is 0.330 e. The van der Waals surface area contributed by atoms with Gasteiger partial charge in [0.15, 0.2) is 16.0 Å². The maximum Gasteiger partial charge on any atom is 0.234 e. The summed E-state index contributed by atoms with van der Waals surface area (Å²) in [6.07, 6.45) is 0. The van der Waals surface area contributed by atoms with Crippen LogP contribution in [0.15, 0.2) is 46.8 Å². The quantitative estimate of drug-likeness (QED) is 0.600. The lowest BCUT2D eigenvalue weighted by molar-refractivity contribution is -0.113. The average molecular weight is 392 g/mol. The number of thioether (sulfide) groups is 1. The number of anilines is 3. The standard InChI is InChI=1S/C17H14F2N4OS2/c1-10-4-2-3-5-14(10)21-16-22-23-17(26-16)25-9-15(24)20-11-6-7-12(18)13(19)8-11/h2-8H,9H2,1H3,(H,20,24)(H,21,22). The zero-order valence-corrected chi connectivity index (χ0v) is 15.3. The van der Waals surface area contributed by atoms with E-state index in [2.05, 4.69) is 20.8 Å². The van der Waals surface area contributed by atoms with Crippen LogP contribution in [0.1, 0.15) is 5.56 Å². The van der Waals surface area contributed by atoms with Gasteiger partial charge in [-0.25, -0.2) is 8.78 Å². The summed E-state index contributed by atoms with van der Waals surface area (Å²) in [5.74, 6) is -2.23. The number of benzene rings is 2. The molecule has 0 saturated carbocycles. The average Bonchev–Trinajstić information content (AvgIpc) is 3.06. The molecule has 0 aliphatic carbocycles. The number of amides is 1. The van der Waals surface area contributed by atoms with Crippen LogP contribution in [-0.2, 0) is 4.79 Å². The Labute approximate surface area is 156 Å². The minimum atomic E-state index is -1.01. The third-order valence-corrected chi connectivity index (χ3v) is 5.30. The number of nitrogens with zero attached hydrogens (tertiary/aromatic N) is 2. The van der Waals surface area contributed by atoms with Gasteiger partial charge in [0.05, 0.1) is 5.75 Å². The number of aryl methyl sites for hydroxylation is 1. The number of carbonyl (C=O) groups is 1. The molecule has 1 amide bonds. The Morgan fingerprint density at radius 1 is 1.15 bits per heavy atom. The van der Waals surface area contributed by atoms with Gasteiger partial charge in [-0.1, -0.05) is 41.3 Å². The van der Waals surface area contributed by atoms with Gasteiger partial charge in [0.25, 0.3) is 0 Å². The number of hydrogen-bond donors (Lipinski definition) is 2. The summed E-state index contributed by atoms with van der Waals surface area (Å²) >= 11 is 2.54. The summed E-state index contributed by atoms with van der Waals surface area (Å²) in [7, 11) is 0. The molecule has 2 N–H and O–H groups in total. The van der Waals surface area contributed by atoms with Crippen LogP contribution in [0.25, 0.3) is 0 Å². The number of carbonyl (C=O) groups excluding carboxylic acids is 1. The van der Waals surface area contributed by atoms with Crippen LogP contribution in [0.3, 0.4) is 0 Å². The van der Waals surface area contributed by atoms with Crippen LogP contribution in [-0.4, -0.2) is 21.9 Å². The number of hydrogen-bond acceptors (Lipinski definition) is 6. The second kappa shape index (κ2) is 8.24. The van der Waals surface area contributed by atoms with E-state index in [1.807, 2.05) is 31.2 Å². The molecule has 2 aromatic carbocycles. The Bertz CT molecular complexity index is 933. The van der Waals surface area contributed by atoms with E-state index >= 15 is 0 Å². The Morgan fingerprint density at radius 2 is 1.96 bits per heavy atom. The van der Waals surface area contributed by atoms with Crippen LogP contribution < -0.4 is 10.6 Å². The van der Waals surface area contributed by atoms with Gasteiger partial charge in [-0.3, -0.25) is 4.79 Å². The lowest BCUT2D eigenvalue weighted by Gasteiger charge is -2.05. The molecule has 0 aliphatic rings. The van der Waals surface area contributed by atoms with E-state index in [1.165, 1.54) is 29.2 Å². The van der Waals surface area contributed by atoms with Crippen molar-refractivity contribution in [3.63, 3.8) is 0 Å². The Morgan fingerprint density at radius 3 is 2.73 bits per heavy atom. The third kappa shape index (κ3) is 4.77. The first-order chi connectivity index (χ1) is 12.5. The van der Waals surface area contributed by atoms with Gasteiger partial charge in [0.2, 0.25) is 11.0 Å². The molecule has 0 saturated heterocycles. The van der Waals surface area contributed by atoms with Crippen LogP contribution in [0.4, 0.5) is 25.3 Å². The van der Waals surface area contributed by atoms with Gasteiger partial charge in [-0.15, -0.1) is 10.2 Å². The molecule has 134 valence electrons. The smallest absolute Gasteiger partial charge is 0.234 e. The van der Waals surface area contributed by atoms with E-state index in [0.29, 0.717) is 9.47 Å². The molecule has 1 aromatic heterocycles. The summed E-state index contributed by atoms with van der Waals surface area (Å²) in [4.78, 5) is 11.9. The molecule has 0 spiro atoms. The topological polar surface area (TPSA) is 66.9 Å². The summed E-state index contributed by atoms with van der Waals surface area (Å²) in [5, 5.41) is 14.4. The van der Waals surface area contributed by atoms with Gasteiger partial charge in [-0.05, 0) is 30.7 Å². The van der Waals surface area contributed by atoms with Gasteiger partial charge in [0.1, 0.15) is 0 Å². The van der Waals surface area contributed by atoms with Crippen molar-refractivity contribution in [3.05, 3.63) is 59.7 Å². The van der Waals surface area contributed by atoms with Crippen molar-refractivity contribution in [2.75, 3.05) is 16.4 Å². The molecule has 0 aliphatic heterocycles. The maximum absolute atomic E-state index is 13.1. The van der Waals surface area contributed by atoms with Gasteiger partial charge in [0, 0.05) is 17.4 Å². The monoisotopic (exact) mass is 392 g/mol. The third-order valence-electron chi connectivity index (χ3n) is 3.32. The summed E-state index contributed by atoms with van der Waals surface area (Å²) in [6.45, 7) is 1.99. The van der Waals surface area contributed by atoms with Crippen LogP contribution >= 0.6 is 23.1 Å². The number of nitrogens with one attached hydrogen (secondary N) is 2. The van der Waals surface area contributed by atoms with Crippen molar-refractivity contribution in [2.24, 2.45) is 0 Å². The van der Waals surface area contributed by atoms with Crippen LogP contribution in [0.2, 0.25) is 0 Å². The Hall–Kier alpha value is -2.52. The lowest BCUT2D eigenvalue weighted by atomic mass is 10.2. The number of aromatic nitrogens is 2. The first kappa shape index (κ1) is 18.3. The molecule has 3 aromatic rings. The number of rotatable bonds is 6. The van der Waals surface area contributed by atoms with E-state index in [4.69, 9.17) is 0 Å². The zero-order valence-electron chi connectivity index (χ0n) is 13.6. The molecule has 3 rings (SSSR count). The molecule has 0 atom stereocenters. The van der Waals surface area contributed by atoms with E-state index in [1.54, 1.807) is 0 Å². The first-order valence-electron chi connectivity index (χ1n) is 7.55. The summed E-state index contributed by atoms with van der Waals surface area (Å²) in [5.41, 5.74) is 2.23. The fourth-order valence-corrected chi connectivity index (χ4v) is 3.61. The van der Waals surface area contributed by atoms with E-state index in [9.17, 15) is 13.6 Å². The fraction of sp³-hybridized carbons (Fsp3) is 0.118. The number of halogens is 2. The molecule has 1 heterocycles. The Balaban J connectivity index is 1.53. The minimum Gasteiger partial charge on any atom is -0.330 e. The molecule has 0 fully saturated rings. The van der Waals surface area contributed by atoms with E-state index < -0.39 is 11.6 Å². The molecule has 0 bridgehead atoms. The van der Waals surface area contributed by atoms with Crippen LogP contribution in [0.5, 0.6) is 0 Å². The number of para-hydroxylation sites is 1. The normalized spacial score (nSPS) is 10.6. The van der Waals surface area contributed by atoms with Crippen molar-refractivity contribution in [3.8, 4) is 0 Å². The highest BCUT2D eigenvalue weighted by molar-refractivity contribution is 8.01. The van der Waals surface area contributed by atoms with Crippen molar-refractivity contribution >= 4 is 45.5 Å². The molecule has 0 unspecified atom stereocenters. The SMILES string of the molecule is Cc1ccccc1Nc1nnc(SCC(=O)Nc2ccc(F)c(F)c2)s1. The molecule has 26 heavy (non-hydrogen) atoms. The van der Waals surface area contributed by atoms with Gasteiger partial charge in [-0.2, -0.15) is 0 Å². The molecule has 0 radical (unpaired) electrons. The first-order valence-corrected chi connectivity index (χ1v) is 9.35. The predicted octanol–water partition coefficient (Wildman–Crippen LogP) is 4.60. The van der Waals surface area contributed by atoms with E-state index in [-0.39, 0.29) is 17.3 Å². The van der Waals surface area contributed by atoms with Crippen molar-refractivity contribution in [1.82, 2.24) is 10.2 Å². The molecule has 5 nitrogen and oxygen atoms in total. The van der Waals surface area contributed by atoms with Crippen LogP contribution in [0, 0.1) is 18.6 Å². The molecule has 9 heteroatoms. The van der Waals surface area contributed by atoms with Gasteiger partial charge >= 0.3 is 0 Å². The van der Waals surface area contributed by atoms with Crippen molar-refractivity contribution in [2.45, 2.75) is 11.3 Å². The second-order valence-corrected chi connectivity index (χ2v) is 7.48. The fourth-order valence-electron chi connectivity index (χ4n) is 2.05. The van der Waals surface area contributed by atoms with E-state index in [0.717, 1.165) is 23.4 Å². The van der Waals surface area contributed by atoms with Gasteiger partial charge < -0.3 is 10.6 Å². The Kier molecular flexibility index (Phi) is 5.79. The maximum atomic E-state index is 13.1. The van der Waals surface area contributed by atoms with Crippen molar-refractivity contribution < 1.29 is 13.6 Å². The van der Waals surface area contributed by atoms with Crippen molar-refractivity contribution in [1.29, 1.82) is 0 Å². The molecular weight excluding hydrogens is 378 g/mol. The highest BCUT2D eigenvalue weighted by atomic mass is 32.2. The molecular formula is C17H14F2N4OS2. The lowest BCUT2D eigenvalue weighted by Crippen LogP contribution is -2.14. The zero-order chi connectivity index (χ0) is 18.5.